The zero-order valence-electron chi connectivity index (χ0n) is 16.1. The van der Waals surface area contributed by atoms with Gasteiger partial charge in [-0.05, 0) is 29.7 Å². The Labute approximate surface area is 163 Å². The third-order valence-corrected chi connectivity index (χ3v) is 4.96. The first-order valence-corrected chi connectivity index (χ1v) is 8.91. The first kappa shape index (κ1) is 19.5. The van der Waals surface area contributed by atoms with E-state index in [9.17, 15) is 14.7 Å². The minimum atomic E-state index is -0.927. The molecule has 0 saturated heterocycles. The molecule has 1 unspecified atom stereocenters. The van der Waals surface area contributed by atoms with Crippen LogP contribution in [0.4, 0.5) is 5.69 Å². The van der Waals surface area contributed by atoms with Crippen LogP contribution in [0.3, 0.4) is 0 Å². The fraction of sp³-hybridized carbons (Fsp3) is 0.333. The monoisotopic (exact) mass is 385 g/mol. The standard InChI is InChI=1S/C21H23NO6/c1-26-17-10-8-13(19(27-2)20(17)28-3)9-11-18(23)22-12-15(21(24)25)14-6-4-5-7-16(14)22/h4-8,10,15H,9,11-12H2,1-3H3,(H,24,25). The van der Waals surface area contributed by atoms with Crippen molar-refractivity contribution in [3.8, 4) is 17.2 Å². The van der Waals surface area contributed by atoms with Crippen LogP contribution < -0.4 is 19.1 Å². The van der Waals surface area contributed by atoms with Crippen molar-refractivity contribution < 1.29 is 28.9 Å². The fourth-order valence-electron chi connectivity index (χ4n) is 3.59. The van der Waals surface area contributed by atoms with E-state index >= 15 is 0 Å². The van der Waals surface area contributed by atoms with Gasteiger partial charge in [-0.1, -0.05) is 24.3 Å². The third kappa shape index (κ3) is 3.47. The van der Waals surface area contributed by atoms with Gasteiger partial charge in [0.1, 0.15) is 5.92 Å². The Morgan fingerprint density at radius 1 is 1.04 bits per heavy atom. The van der Waals surface area contributed by atoms with Crippen molar-refractivity contribution in [1.29, 1.82) is 0 Å². The molecule has 0 aromatic heterocycles. The number of anilines is 1. The molecule has 0 fully saturated rings. The highest BCUT2D eigenvalue weighted by Gasteiger charge is 2.36. The summed E-state index contributed by atoms with van der Waals surface area (Å²) in [4.78, 5) is 26.0. The quantitative estimate of drug-likeness (QED) is 0.789. The molecule has 0 spiro atoms. The summed E-state index contributed by atoms with van der Waals surface area (Å²) in [5.41, 5.74) is 2.15. The van der Waals surface area contributed by atoms with E-state index in [1.54, 1.807) is 42.3 Å². The van der Waals surface area contributed by atoms with Gasteiger partial charge in [0.15, 0.2) is 11.5 Å². The maximum absolute atomic E-state index is 12.9. The van der Waals surface area contributed by atoms with E-state index in [1.807, 2.05) is 6.07 Å². The Hall–Kier alpha value is -3.22. The Morgan fingerprint density at radius 2 is 1.75 bits per heavy atom. The normalized spacial score (nSPS) is 15.1. The Kier molecular flexibility index (Phi) is 5.73. The number of para-hydroxylation sites is 1. The highest BCUT2D eigenvalue weighted by molar-refractivity contribution is 5.99. The summed E-state index contributed by atoms with van der Waals surface area (Å²) in [5.74, 6) is -0.201. The average Bonchev–Trinajstić information content (AvgIpc) is 3.11. The molecule has 7 heteroatoms. The van der Waals surface area contributed by atoms with E-state index in [4.69, 9.17) is 14.2 Å². The smallest absolute Gasteiger partial charge is 0.312 e. The second-order valence-corrected chi connectivity index (χ2v) is 6.45. The summed E-state index contributed by atoms with van der Waals surface area (Å²) in [6.07, 6.45) is 0.644. The number of ether oxygens (including phenoxy) is 3. The average molecular weight is 385 g/mol. The summed E-state index contributed by atoms with van der Waals surface area (Å²) in [7, 11) is 4.61. The number of carboxylic acids is 1. The highest BCUT2D eigenvalue weighted by atomic mass is 16.5. The lowest BCUT2D eigenvalue weighted by atomic mass is 10.0. The van der Waals surface area contributed by atoms with Crippen LogP contribution >= 0.6 is 0 Å². The maximum atomic E-state index is 12.9. The lowest BCUT2D eigenvalue weighted by Crippen LogP contribution is -2.31. The van der Waals surface area contributed by atoms with E-state index in [-0.39, 0.29) is 18.9 Å². The van der Waals surface area contributed by atoms with Crippen LogP contribution in [0.5, 0.6) is 17.2 Å². The molecule has 1 amide bonds. The van der Waals surface area contributed by atoms with Crippen LogP contribution in [-0.2, 0) is 16.0 Å². The molecule has 0 radical (unpaired) electrons. The molecule has 1 aliphatic heterocycles. The SMILES string of the molecule is COc1ccc(CCC(=O)N2CC(C(=O)O)c3ccccc32)c(OC)c1OC. The van der Waals surface area contributed by atoms with Gasteiger partial charge in [0, 0.05) is 18.7 Å². The molecule has 1 N–H and O–H groups in total. The van der Waals surface area contributed by atoms with Crippen molar-refractivity contribution in [2.45, 2.75) is 18.8 Å². The summed E-state index contributed by atoms with van der Waals surface area (Å²) in [6.45, 7) is 0.149. The van der Waals surface area contributed by atoms with Crippen molar-refractivity contribution in [3.05, 3.63) is 47.5 Å². The van der Waals surface area contributed by atoms with Crippen LogP contribution in [0.2, 0.25) is 0 Å². The van der Waals surface area contributed by atoms with Gasteiger partial charge in [0.25, 0.3) is 0 Å². The number of carbonyl (C=O) groups excluding carboxylic acids is 1. The van der Waals surface area contributed by atoms with Crippen molar-refractivity contribution in [1.82, 2.24) is 0 Å². The minimum absolute atomic E-state index is 0.131. The lowest BCUT2D eigenvalue weighted by Gasteiger charge is -2.19. The second kappa shape index (κ2) is 8.21. The molecule has 28 heavy (non-hydrogen) atoms. The van der Waals surface area contributed by atoms with E-state index < -0.39 is 11.9 Å². The molecule has 2 aromatic rings. The van der Waals surface area contributed by atoms with Crippen molar-refractivity contribution >= 4 is 17.6 Å². The highest BCUT2D eigenvalue weighted by Crippen LogP contribution is 2.41. The molecule has 0 bridgehead atoms. The summed E-state index contributed by atoms with van der Waals surface area (Å²) < 4.78 is 16.1. The maximum Gasteiger partial charge on any atom is 0.312 e. The number of hydrogen-bond acceptors (Lipinski definition) is 5. The number of fused-ring (bicyclic) bond motifs is 1. The number of aryl methyl sites for hydroxylation is 1. The molecule has 1 heterocycles. The van der Waals surface area contributed by atoms with E-state index in [0.717, 1.165) is 5.56 Å². The fourth-order valence-corrected chi connectivity index (χ4v) is 3.59. The molecular formula is C21H23NO6. The predicted molar refractivity (Wildman–Crippen MR) is 104 cm³/mol. The number of carboxylic acid groups (broad SMARTS) is 1. The van der Waals surface area contributed by atoms with E-state index in [1.165, 1.54) is 14.2 Å². The summed E-state index contributed by atoms with van der Waals surface area (Å²) >= 11 is 0. The lowest BCUT2D eigenvalue weighted by molar-refractivity contribution is -0.138. The topological polar surface area (TPSA) is 85.3 Å². The largest absolute Gasteiger partial charge is 0.493 e. The van der Waals surface area contributed by atoms with Crippen LogP contribution in [0.1, 0.15) is 23.5 Å². The molecule has 0 aliphatic carbocycles. The van der Waals surface area contributed by atoms with Crippen LogP contribution in [0, 0.1) is 0 Å². The number of carbonyl (C=O) groups is 2. The Balaban J connectivity index is 1.79. The number of benzene rings is 2. The van der Waals surface area contributed by atoms with E-state index in [0.29, 0.717) is 34.9 Å². The molecule has 148 valence electrons. The number of aliphatic carboxylic acids is 1. The van der Waals surface area contributed by atoms with Gasteiger partial charge in [-0.25, -0.2) is 0 Å². The van der Waals surface area contributed by atoms with Gasteiger partial charge in [0.2, 0.25) is 11.7 Å². The minimum Gasteiger partial charge on any atom is -0.493 e. The molecule has 0 saturated carbocycles. The van der Waals surface area contributed by atoms with Crippen molar-refractivity contribution in [3.63, 3.8) is 0 Å². The first-order valence-electron chi connectivity index (χ1n) is 8.91. The van der Waals surface area contributed by atoms with Gasteiger partial charge in [-0.15, -0.1) is 0 Å². The summed E-state index contributed by atoms with van der Waals surface area (Å²) in [5, 5.41) is 9.46. The molecule has 1 aliphatic rings. The molecule has 1 atom stereocenters. The van der Waals surface area contributed by atoms with Gasteiger partial charge in [-0.2, -0.15) is 0 Å². The van der Waals surface area contributed by atoms with Crippen LogP contribution in [0.15, 0.2) is 36.4 Å². The Morgan fingerprint density at radius 3 is 2.39 bits per heavy atom. The van der Waals surface area contributed by atoms with Gasteiger partial charge in [0.05, 0.1) is 21.3 Å². The van der Waals surface area contributed by atoms with Crippen molar-refractivity contribution in [2.75, 3.05) is 32.8 Å². The second-order valence-electron chi connectivity index (χ2n) is 6.45. The third-order valence-electron chi connectivity index (χ3n) is 4.96. The van der Waals surface area contributed by atoms with E-state index in [2.05, 4.69) is 0 Å². The summed E-state index contributed by atoms with van der Waals surface area (Å²) in [6, 6.07) is 10.8. The predicted octanol–water partition coefficient (Wildman–Crippen LogP) is 2.86. The van der Waals surface area contributed by atoms with Crippen molar-refractivity contribution in [2.24, 2.45) is 0 Å². The molecule has 3 rings (SSSR count). The number of rotatable bonds is 7. The zero-order chi connectivity index (χ0) is 20.3. The van der Waals surface area contributed by atoms with Crippen LogP contribution in [-0.4, -0.2) is 44.9 Å². The van der Waals surface area contributed by atoms with Crippen LogP contribution in [0.25, 0.3) is 0 Å². The number of nitrogens with zero attached hydrogens (tertiary/aromatic N) is 1. The van der Waals surface area contributed by atoms with Gasteiger partial charge < -0.3 is 24.2 Å². The molecular weight excluding hydrogens is 362 g/mol. The zero-order valence-corrected chi connectivity index (χ0v) is 16.1. The molecule has 7 nitrogen and oxygen atoms in total. The molecule has 2 aromatic carbocycles. The van der Waals surface area contributed by atoms with Gasteiger partial charge >= 0.3 is 5.97 Å². The number of methoxy groups -OCH3 is 3. The number of hydrogen-bond donors (Lipinski definition) is 1. The first-order chi connectivity index (χ1) is 13.5. The number of amides is 1. The Bertz CT molecular complexity index is 894. The van der Waals surface area contributed by atoms with Gasteiger partial charge in [-0.3, -0.25) is 9.59 Å².